The van der Waals surface area contributed by atoms with Crippen molar-refractivity contribution in [3.05, 3.63) is 34.1 Å². The lowest BCUT2D eigenvalue weighted by atomic mass is 10.1. The van der Waals surface area contributed by atoms with Crippen LogP contribution in [0.4, 0.5) is 4.39 Å². The van der Waals surface area contributed by atoms with Crippen LogP contribution in [0.3, 0.4) is 0 Å². The largest absolute Gasteiger partial charge is 0.312 e. The molecule has 1 fully saturated rings. The van der Waals surface area contributed by atoms with Crippen LogP contribution >= 0.6 is 15.9 Å². The normalized spacial score (nSPS) is 20.5. The van der Waals surface area contributed by atoms with Crippen LogP contribution in [0.15, 0.2) is 22.7 Å². The first kappa shape index (κ1) is 14.0. The van der Waals surface area contributed by atoms with E-state index in [-0.39, 0.29) is 5.82 Å². The molecule has 1 N–H and O–H groups in total. The Hall–Kier alpha value is -0.450. The molecule has 0 aliphatic carbocycles. The first-order chi connectivity index (χ1) is 8.69. The number of halogens is 2. The minimum absolute atomic E-state index is 0.140. The smallest absolute Gasteiger partial charge is 0.128 e. The zero-order chi connectivity index (χ0) is 13.0. The quantitative estimate of drug-likeness (QED) is 0.898. The minimum Gasteiger partial charge on any atom is -0.312 e. The van der Waals surface area contributed by atoms with Gasteiger partial charge in [-0.1, -0.05) is 28.9 Å². The van der Waals surface area contributed by atoms with Crippen molar-refractivity contribution in [3.63, 3.8) is 0 Å². The third-order valence-electron chi connectivity index (χ3n) is 3.58. The Balaban J connectivity index is 1.75. The predicted molar refractivity (Wildman–Crippen MR) is 76.0 cm³/mol. The van der Waals surface area contributed by atoms with Crippen LogP contribution in [0, 0.1) is 11.7 Å². The molecule has 4 heteroatoms. The third-order valence-corrected chi connectivity index (χ3v) is 4.07. The van der Waals surface area contributed by atoms with Gasteiger partial charge < -0.3 is 10.2 Å². The highest BCUT2D eigenvalue weighted by Gasteiger charge is 2.20. The summed E-state index contributed by atoms with van der Waals surface area (Å²) in [7, 11) is 0. The van der Waals surface area contributed by atoms with Gasteiger partial charge in [-0.2, -0.15) is 0 Å². The molecule has 1 aliphatic rings. The summed E-state index contributed by atoms with van der Waals surface area (Å²) in [5.41, 5.74) is 0.739. The third kappa shape index (κ3) is 3.77. The molecule has 0 saturated carbocycles. The highest BCUT2D eigenvalue weighted by Crippen LogP contribution is 2.17. The second-order valence-corrected chi connectivity index (χ2v) is 5.83. The van der Waals surface area contributed by atoms with Crippen molar-refractivity contribution in [2.75, 3.05) is 26.2 Å². The van der Waals surface area contributed by atoms with E-state index < -0.39 is 0 Å². The molecule has 18 heavy (non-hydrogen) atoms. The van der Waals surface area contributed by atoms with E-state index in [0.29, 0.717) is 12.5 Å². The van der Waals surface area contributed by atoms with Crippen LogP contribution in [0.1, 0.15) is 18.9 Å². The average Bonchev–Trinajstić information content (AvgIpc) is 2.80. The maximum Gasteiger partial charge on any atom is 0.128 e. The molecule has 1 aliphatic heterocycles. The minimum atomic E-state index is -0.140. The molecule has 2 nitrogen and oxygen atoms in total. The van der Waals surface area contributed by atoms with E-state index >= 15 is 0 Å². The molecule has 2 rings (SSSR count). The SMILES string of the molecule is CCN1CCC(CNCc2ccc(Br)cc2F)C1. The van der Waals surface area contributed by atoms with E-state index in [2.05, 4.69) is 33.1 Å². The molecule has 0 radical (unpaired) electrons. The summed E-state index contributed by atoms with van der Waals surface area (Å²) in [6.45, 7) is 7.31. The summed E-state index contributed by atoms with van der Waals surface area (Å²) in [6, 6.07) is 5.24. The predicted octanol–water partition coefficient (Wildman–Crippen LogP) is 3.02. The molecule has 0 spiro atoms. The number of benzene rings is 1. The van der Waals surface area contributed by atoms with Gasteiger partial charge in [0.2, 0.25) is 0 Å². The maximum absolute atomic E-state index is 13.6. The average molecular weight is 315 g/mol. The van der Waals surface area contributed by atoms with Gasteiger partial charge in [0.15, 0.2) is 0 Å². The van der Waals surface area contributed by atoms with Gasteiger partial charge in [0, 0.05) is 23.1 Å². The van der Waals surface area contributed by atoms with Crippen LogP contribution in [-0.2, 0) is 6.54 Å². The molecule has 100 valence electrons. The van der Waals surface area contributed by atoms with Crippen LogP contribution in [0.2, 0.25) is 0 Å². The van der Waals surface area contributed by atoms with Crippen LogP contribution in [-0.4, -0.2) is 31.1 Å². The van der Waals surface area contributed by atoms with Gasteiger partial charge >= 0.3 is 0 Å². The first-order valence-corrected chi connectivity index (χ1v) is 7.35. The van der Waals surface area contributed by atoms with Gasteiger partial charge in [0.1, 0.15) is 5.82 Å². The van der Waals surface area contributed by atoms with Crippen molar-refractivity contribution in [2.45, 2.75) is 19.9 Å². The maximum atomic E-state index is 13.6. The topological polar surface area (TPSA) is 15.3 Å². The van der Waals surface area contributed by atoms with Crippen LogP contribution in [0.5, 0.6) is 0 Å². The Morgan fingerprint density at radius 2 is 2.33 bits per heavy atom. The number of hydrogen-bond acceptors (Lipinski definition) is 2. The molecule has 1 unspecified atom stereocenters. The Morgan fingerprint density at radius 1 is 1.50 bits per heavy atom. The van der Waals surface area contributed by atoms with Gasteiger partial charge in [-0.05, 0) is 44.1 Å². The van der Waals surface area contributed by atoms with E-state index in [1.165, 1.54) is 25.6 Å². The van der Waals surface area contributed by atoms with Crippen molar-refractivity contribution in [2.24, 2.45) is 5.92 Å². The molecular formula is C14H20BrFN2. The van der Waals surface area contributed by atoms with Crippen molar-refractivity contribution in [1.29, 1.82) is 0 Å². The van der Waals surface area contributed by atoms with E-state index in [4.69, 9.17) is 0 Å². The monoisotopic (exact) mass is 314 g/mol. The number of rotatable bonds is 5. The summed E-state index contributed by atoms with van der Waals surface area (Å²) < 4.78 is 14.4. The van der Waals surface area contributed by atoms with Crippen LogP contribution < -0.4 is 5.32 Å². The summed E-state index contributed by atoms with van der Waals surface area (Å²) in [6.07, 6.45) is 1.25. The summed E-state index contributed by atoms with van der Waals surface area (Å²) >= 11 is 3.27. The molecule has 1 saturated heterocycles. The lowest BCUT2D eigenvalue weighted by Gasteiger charge is -2.14. The highest BCUT2D eigenvalue weighted by molar-refractivity contribution is 9.10. The highest BCUT2D eigenvalue weighted by atomic mass is 79.9. The lowest BCUT2D eigenvalue weighted by Crippen LogP contribution is -2.26. The fraction of sp³-hybridized carbons (Fsp3) is 0.571. The number of nitrogens with zero attached hydrogens (tertiary/aromatic N) is 1. The summed E-state index contributed by atoms with van der Waals surface area (Å²) in [5, 5.41) is 3.37. The van der Waals surface area contributed by atoms with Crippen LogP contribution in [0.25, 0.3) is 0 Å². The summed E-state index contributed by atoms with van der Waals surface area (Å²) in [5.74, 6) is 0.571. The zero-order valence-electron chi connectivity index (χ0n) is 10.8. The van der Waals surface area contributed by atoms with Crippen molar-refractivity contribution >= 4 is 15.9 Å². The number of likely N-dealkylation sites (tertiary alicyclic amines) is 1. The van der Waals surface area contributed by atoms with Crippen molar-refractivity contribution in [1.82, 2.24) is 10.2 Å². The van der Waals surface area contributed by atoms with E-state index in [0.717, 1.165) is 23.1 Å². The summed E-state index contributed by atoms with van der Waals surface area (Å²) in [4.78, 5) is 2.46. The molecule has 1 aromatic carbocycles. The molecule has 1 heterocycles. The van der Waals surface area contributed by atoms with Gasteiger partial charge in [0.25, 0.3) is 0 Å². The molecule has 0 bridgehead atoms. The van der Waals surface area contributed by atoms with Gasteiger partial charge in [0.05, 0.1) is 0 Å². The molecule has 1 aromatic rings. The zero-order valence-corrected chi connectivity index (χ0v) is 12.3. The standard InChI is InChI=1S/C14H20BrFN2/c1-2-18-6-5-11(10-18)8-17-9-12-3-4-13(15)7-14(12)16/h3-4,7,11,17H,2,5-6,8-10H2,1H3. The Morgan fingerprint density at radius 3 is 3.00 bits per heavy atom. The van der Waals surface area contributed by atoms with E-state index in [1.54, 1.807) is 0 Å². The van der Waals surface area contributed by atoms with E-state index in [9.17, 15) is 4.39 Å². The Bertz CT molecular complexity index is 397. The van der Waals surface area contributed by atoms with E-state index in [1.807, 2.05) is 12.1 Å². The molecule has 0 aromatic heterocycles. The van der Waals surface area contributed by atoms with Gasteiger partial charge in [-0.15, -0.1) is 0 Å². The molecule has 0 amide bonds. The second-order valence-electron chi connectivity index (χ2n) is 4.91. The molecular weight excluding hydrogens is 295 g/mol. The fourth-order valence-corrected chi connectivity index (χ4v) is 2.78. The molecule has 1 atom stereocenters. The van der Waals surface area contributed by atoms with Gasteiger partial charge in [-0.3, -0.25) is 0 Å². The lowest BCUT2D eigenvalue weighted by molar-refractivity contribution is 0.338. The second kappa shape index (κ2) is 6.64. The Kier molecular flexibility index (Phi) is 5.15. The first-order valence-electron chi connectivity index (χ1n) is 6.56. The van der Waals surface area contributed by atoms with Crippen molar-refractivity contribution < 1.29 is 4.39 Å². The Labute approximate surface area is 117 Å². The number of hydrogen-bond donors (Lipinski definition) is 1. The van der Waals surface area contributed by atoms with Crippen molar-refractivity contribution in [3.8, 4) is 0 Å². The van der Waals surface area contributed by atoms with Gasteiger partial charge in [-0.25, -0.2) is 4.39 Å². The fourth-order valence-electron chi connectivity index (χ4n) is 2.44. The number of nitrogens with one attached hydrogen (secondary N) is 1.